The average molecular weight is 472 g/mol. The number of carbonyl (C=O) groups is 1. The Kier molecular flexibility index (Phi) is 6.02. The molecule has 0 fully saturated rings. The van der Waals surface area contributed by atoms with E-state index >= 15 is 0 Å². The van der Waals surface area contributed by atoms with Crippen molar-refractivity contribution < 1.29 is 9.53 Å². The molecule has 2 aromatic heterocycles. The molecule has 0 bridgehead atoms. The number of anilines is 2. The lowest BCUT2D eigenvalue weighted by Gasteiger charge is -2.10. The van der Waals surface area contributed by atoms with Gasteiger partial charge in [0.2, 0.25) is 0 Å². The Morgan fingerprint density at radius 3 is 2.55 bits per heavy atom. The number of nitrogens with zero attached hydrogens (tertiary/aromatic N) is 2. The molecule has 0 atom stereocenters. The van der Waals surface area contributed by atoms with Gasteiger partial charge in [0, 0.05) is 27.0 Å². The Hall–Kier alpha value is -3.74. The van der Waals surface area contributed by atoms with Crippen LogP contribution in [-0.4, -0.2) is 15.9 Å². The van der Waals surface area contributed by atoms with Crippen LogP contribution in [-0.2, 0) is 11.3 Å². The number of benzene rings is 3. The Morgan fingerprint density at radius 2 is 1.70 bits per heavy atom. The molecule has 0 saturated heterocycles. The molecule has 2 heterocycles. The molecule has 0 radical (unpaired) electrons. The molecule has 0 amide bonds. The molecule has 162 valence electrons. The van der Waals surface area contributed by atoms with Gasteiger partial charge in [0.05, 0.1) is 22.5 Å². The quantitative estimate of drug-likeness (QED) is 0.267. The molecule has 5 rings (SSSR count). The van der Waals surface area contributed by atoms with Gasteiger partial charge < -0.3 is 10.1 Å². The minimum atomic E-state index is -0.438. The zero-order valence-corrected chi connectivity index (χ0v) is 18.9. The number of hydrogen-bond donors (Lipinski definition) is 1. The third-order valence-corrected chi connectivity index (χ3v) is 6.15. The van der Waals surface area contributed by atoms with Gasteiger partial charge in [0.15, 0.2) is 5.13 Å². The maximum Gasteiger partial charge on any atom is 0.339 e. The summed E-state index contributed by atoms with van der Waals surface area (Å²) in [5.74, 6) is -0.438. The Morgan fingerprint density at radius 1 is 0.939 bits per heavy atom. The Bertz CT molecular complexity index is 1440. The van der Waals surface area contributed by atoms with Crippen LogP contribution in [0.15, 0.2) is 90.3 Å². The van der Waals surface area contributed by atoms with Crippen LogP contribution in [0.25, 0.3) is 22.2 Å². The molecule has 5 nitrogen and oxygen atoms in total. The molecule has 0 unspecified atom stereocenters. The summed E-state index contributed by atoms with van der Waals surface area (Å²) in [4.78, 5) is 22.3. The molecule has 5 aromatic rings. The standard InChI is InChI=1S/C26H18ClN3O2S/c27-22-12-6-4-11-20(22)24-14-21(19-10-5-7-13-23(19)30-24)25(31)32-15-18-16-33-26(29-18)28-17-8-2-1-3-9-17/h1-14,16H,15H2,(H,28,29). The number of carbonyl (C=O) groups excluding carboxylic acids is 1. The number of nitrogens with one attached hydrogen (secondary N) is 1. The number of para-hydroxylation sites is 2. The Balaban J connectivity index is 1.38. The van der Waals surface area contributed by atoms with E-state index in [4.69, 9.17) is 21.3 Å². The molecule has 1 N–H and O–H groups in total. The molecule has 0 aliphatic rings. The number of hydrogen-bond acceptors (Lipinski definition) is 6. The summed E-state index contributed by atoms with van der Waals surface area (Å²) in [5, 5.41) is 7.15. The number of fused-ring (bicyclic) bond motifs is 1. The third-order valence-electron chi connectivity index (χ3n) is 5.01. The molecular weight excluding hydrogens is 454 g/mol. The Labute approximate surface area is 199 Å². The van der Waals surface area contributed by atoms with E-state index in [-0.39, 0.29) is 6.61 Å². The first-order valence-electron chi connectivity index (χ1n) is 10.3. The van der Waals surface area contributed by atoms with Crippen molar-refractivity contribution in [1.29, 1.82) is 0 Å². The van der Waals surface area contributed by atoms with Crippen molar-refractivity contribution in [3.05, 3.63) is 107 Å². The molecule has 0 aliphatic carbocycles. The van der Waals surface area contributed by atoms with Crippen molar-refractivity contribution in [2.45, 2.75) is 6.61 Å². The van der Waals surface area contributed by atoms with Gasteiger partial charge in [0.25, 0.3) is 0 Å². The monoisotopic (exact) mass is 471 g/mol. The lowest BCUT2D eigenvalue weighted by atomic mass is 10.0. The summed E-state index contributed by atoms with van der Waals surface area (Å²) in [6.07, 6.45) is 0. The predicted octanol–water partition coefficient (Wildman–Crippen LogP) is 7.11. The van der Waals surface area contributed by atoms with E-state index in [1.165, 1.54) is 11.3 Å². The van der Waals surface area contributed by atoms with Crippen LogP contribution in [0.4, 0.5) is 10.8 Å². The fourth-order valence-corrected chi connectivity index (χ4v) is 4.39. The summed E-state index contributed by atoms with van der Waals surface area (Å²) in [7, 11) is 0. The van der Waals surface area contributed by atoms with Crippen molar-refractivity contribution in [1.82, 2.24) is 9.97 Å². The zero-order valence-electron chi connectivity index (χ0n) is 17.4. The van der Waals surface area contributed by atoms with Gasteiger partial charge in [-0.15, -0.1) is 11.3 Å². The van der Waals surface area contributed by atoms with Crippen molar-refractivity contribution in [2.75, 3.05) is 5.32 Å². The first-order chi connectivity index (χ1) is 16.2. The van der Waals surface area contributed by atoms with Gasteiger partial charge >= 0.3 is 5.97 Å². The molecule has 33 heavy (non-hydrogen) atoms. The van der Waals surface area contributed by atoms with Crippen LogP contribution in [0.3, 0.4) is 0 Å². The van der Waals surface area contributed by atoms with E-state index in [0.717, 1.165) is 21.8 Å². The van der Waals surface area contributed by atoms with E-state index in [2.05, 4.69) is 10.3 Å². The molecule has 0 aliphatic heterocycles. The summed E-state index contributed by atoms with van der Waals surface area (Å²) >= 11 is 7.83. The van der Waals surface area contributed by atoms with Gasteiger partial charge in [-0.05, 0) is 30.3 Å². The zero-order chi connectivity index (χ0) is 22.6. The number of thiazole rings is 1. The third kappa shape index (κ3) is 4.72. The smallest absolute Gasteiger partial charge is 0.339 e. The molecular formula is C26H18ClN3O2S. The first-order valence-corrected chi connectivity index (χ1v) is 11.5. The summed E-state index contributed by atoms with van der Waals surface area (Å²) < 4.78 is 5.62. The molecule has 7 heteroatoms. The van der Waals surface area contributed by atoms with E-state index < -0.39 is 5.97 Å². The second-order valence-corrected chi connectivity index (χ2v) is 8.53. The summed E-state index contributed by atoms with van der Waals surface area (Å²) in [5.41, 5.74) is 4.14. The summed E-state index contributed by atoms with van der Waals surface area (Å²) in [6.45, 7) is 0.0733. The number of aromatic nitrogens is 2. The number of ether oxygens (including phenoxy) is 1. The van der Waals surface area contributed by atoms with E-state index in [1.54, 1.807) is 12.1 Å². The second kappa shape index (κ2) is 9.40. The van der Waals surface area contributed by atoms with Gasteiger partial charge in [0.1, 0.15) is 6.61 Å². The lowest BCUT2D eigenvalue weighted by molar-refractivity contribution is 0.0471. The number of halogens is 1. The van der Waals surface area contributed by atoms with Crippen molar-refractivity contribution in [3.8, 4) is 11.3 Å². The number of pyridine rings is 1. The van der Waals surface area contributed by atoms with Gasteiger partial charge in [-0.1, -0.05) is 66.2 Å². The van der Waals surface area contributed by atoms with Crippen LogP contribution in [0, 0.1) is 0 Å². The number of esters is 1. The molecule has 3 aromatic carbocycles. The minimum Gasteiger partial charge on any atom is -0.456 e. The van der Waals surface area contributed by atoms with Crippen LogP contribution in [0.5, 0.6) is 0 Å². The van der Waals surface area contributed by atoms with Crippen molar-refractivity contribution in [2.24, 2.45) is 0 Å². The maximum atomic E-state index is 13.1. The fraction of sp³-hybridized carbons (Fsp3) is 0.0385. The normalized spacial score (nSPS) is 10.8. The molecule has 0 spiro atoms. The lowest BCUT2D eigenvalue weighted by Crippen LogP contribution is -2.07. The molecule has 0 saturated carbocycles. The highest BCUT2D eigenvalue weighted by molar-refractivity contribution is 7.13. The number of rotatable bonds is 6. The predicted molar refractivity (Wildman–Crippen MR) is 133 cm³/mol. The van der Waals surface area contributed by atoms with Crippen LogP contribution in [0.2, 0.25) is 5.02 Å². The SMILES string of the molecule is O=C(OCc1csc(Nc2ccccc2)n1)c1cc(-c2ccccc2Cl)nc2ccccc12. The highest BCUT2D eigenvalue weighted by Crippen LogP contribution is 2.30. The van der Waals surface area contributed by atoms with E-state index in [9.17, 15) is 4.79 Å². The highest BCUT2D eigenvalue weighted by atomic mass is 35.5. The van der Waals surface area contributed by atoms with Gasteiger partial charge in [-0.2, -0.15) is 0 Å². The van der Waals surface area contributed by atoms with Gasteiger partial charge in [-0.3, -0.25) is 0 Å². The van der Waals surface area contributed by atoms with Crippen molar-refractivity contribution in [3.63, 3.8) is 0 Å². The van der Waals surface area contributed by atoms with Crippen LogP contribution >= 0.6 is 22.9 Å². The topological polar surface area (TPSA) is 64.1 Å². The maximum absolute atomic E-state index is 13.1. The van der Waals surface area contributed by atoms with Crippen LogP contribution in [0.1, 0.15) is 16.1 Å². The second-order valence-electron chi connectivity index (χ2n) is 7.26. The fourth-order valence-electron chi connectivity index (χ4n) is 3.44. The highest BCUT2D eigenvalue weighted by Gasteiger charge is 2.17. The van der Waals surface area contributed by atoms with E-state index in [1.807, 2.05) is 78.2 Å². The first kappa shape index (κ1) is 21.1. The summed E-state index contributed by atoms with van der Waals surface area (Å²) in [6, 6.07) is 26.4. The van der Waals surface area contributed by atoms with Gasteiger partial charge in [-0.25, -0.2) is 14.8 Å². The van der Waals surface area contributed by atoms with E-state index in [0.29, 0.717) is 27.5 Å². The average Bonchev–Trinajstić information content (AvgIpc) is 3.30. The minimum absolute atomic E-state index is 0.0733. The van der Waals surface area contributed by atoms with Crippen LogP contribution < -0.4 is 5.32 Å². The largest absolute Gasteiger partial charge is 0.456 e. The van der Waals surface area contributed by atoms with Crippen molar-refractivity contribution >= 4 is 50.6 Å².